The van der Waals surface area contributed by atoms with Crippen LogP contribution >= 0.6 is 11.8 Å². The molecule has 176 valence electrons. The number of hydrogen-bond acceptors (Lipinski definition) is 7. The number of amides is 2. The molecule has 4 rings (SSSR count). The maximum Gasteiger partial charge on any atom is 0.302 e. The first-order valence-corrected chi connectivity index (χ1v) is 11.6. The monoisotopic (exact) mass is 479 g/mol. The lowest BCUT2D eigenvalue weighted by Crippen LogP contribution is -2.34. The van der Waals surface area contributed by atoms with Crippen molar-refractivity contribution in [2.45, 2.75) is 25.1 Å². The number of nitrogens with zero attached hydrogens (tertiary/aromatic N) is 2. The average Bonchev–Trinajstić information content (AvgIpc) is 3.40. The third-order valence-electron chi connectivity index (χ3n) is 5.30. The van der Waals surface area contributed by atoms with Crippen molar-refractivity contribution in [1.82, 2.24) is 5.01 Å². The Balaban J connectivity index is 1.58. The summed E-state index contributed by atoms with van der Waals surface area (Å²) in [5.41, 5.74) is 3.10. The molecule has 0 radical (unpaired) electrons. The summed E-state index contributed by atoms with van der Waals surface area (Å²) in [7, 11) is 3.18. The van der Waals surface area contributed by atoms with Gasteiger partial charge in [-0.25, -0.2) is 5.01 Å². The molecule has 2 aromatic carbocycles. The van der Waals surface area contributed by atoms with Crippen molar-refractivity contribution in [2.24, 2.45) is 5.10 Å². The number of hydrazone groups is 1. The summed E-state index contributed by atoms with van der Waals surface area (Å²) in [6, 6.07) is 16.2. The van der Waals surface area contributed by atoms with Gasteiger partial charge in [0.05, 0.1) is 38.0 Å². The van der Waals surface area contributed by atoms with Gasteiger partial charge in [-0.15, -0.1) is 0 Å². The third kappa shape index (κ3) is 5.09. The second-order valence-electron chi connectivity index (χ2n) is 7.53. The molecule has 1 unspecified atom stereocenters. The summed E-state index contributed by atoms with van der Waals surface area (Å²) in [4.78, 5) is 25.1. The molecule has 8 nitrogen and oxygen atoms in total. The fourth-order valence-electron chi connectivity index (χ4n) is 3.61. The highest BCUT2D eigenvalue weighted by Gasteiger charge is 2.30. The Morgan fingerprint density at radius 2 is 1.94 bits per heavy atom. The maximum absolute atomic E-state index is 12.8. The van der Waals surface area contributed by atoms with Crippen LogP contribution in [0.15, 0.2) is 70.4 Å². The summed E-state index contributed by atoms with van der Waals surface area (Å²) in [6.07, 6.45) is 2.20. The Labute approximate surface area is 201 Å². The second kappa shape index (κ2) is 10.5. The molecule has 34 heavy (non-hydrogen) atoms. The first kappa shape index (κ1) is 23.4. The van der Waals surface area contributed by atoms with Crippen LogP contribution in [0.25, 0.3) is 0 Å². The molecule has 1 aliphatic heterocycles. The van der Waals surface area contributed by atoms with Crippen LogP contribution in [-0.2, 0) is 6.54 Å². The van der Waals surface area contributed by atoms with Gasteiger partial charge in [0.1, 0.15) is 0 Å². The number of rotatable bonds is 8. The van der Waals surface area contributed by atoms with E-state index in [2.05, 4.69) is 5.32 Å². The van der Waals surface area contributed by atoms with Gasteiger partial charge in [0.2, 0.25) is 0 Å². The van der Waals surface area contributed by atoms with Crippen molar-refractivity contribution in [3.63, 3.8) is 0 Å². The van der Waals surface area contributed by atoms with E-state index in [1.807, 2.05) is 43.3 Å². The molecule has 1 aliphatic rings. The molecule has 0 saturated heterocycles. The summed E-state index contributed by atoms with van der Waals surface area (Å²) >= 11 is 1.26. The quantitative estimate of drug-likeness (QED) is 0.465. The number of methoxy groups -OCH3 is 2. The van der Waals surface area contributed by atoms with E-state index in [9.17, 15) is 9.59 Å². The molecular formula is C25H25N3O5S. The Morgan fingerprint density at radius 1 is 1.12 bits per heavy atom. The summed E-state index contributed by atoms with van der Waals surface area (Å²) in [5.74, 6) is 1.12. The van der Waals surface area contributed by atoms with Crippen LogP contribution in [0.5, 0.6) is 11.5 Å². The zero-order chi connectivity index (χ0) is 24.1. The molecular weight excluding hydrogens is 454 g/mol. The van der Waals surface area contributed by atoms with Gasteiger partial charge < -0.3 is 19.2 Å². The van der Waals surface area contributed by atoms with E-state index >= 15 is 0 Å². The fraction of sp³-hybridized carbons (Fsp3) is 0.240. The van der Waals surface area contributed by atoms with Crippen LogP contribution in [0.1, 0.15) is 35.0 Å². The largest absolute Gasteiger partial charge is 0.493 e. The van der Waals surface area contributed by atoms with Gasteiger partial charge in [-0.1, -0.05) is 30.8 Å². The lowest BCUT2D eigenvalue weighted by atomic mass is 10.0. The topological polar surface area (TPSA) is 93.4 Å². The number of carbonyl (C=O) groups excluding carboxylic acids is 2. The van der Waals surface area contributed by atoms with E-state index in [0.717, 1.165) is 23.3 Å². The van der Waals surface area contributed by atoms with Gasteiger partial charge in [0, 0.05) is 11.3 Å². The molecule has 9 heteroatoms. The van der Waals surface area contributed by atoms with E-state index < -0.39 is 0 Å². The van der Waals surface area contributed by atoms with Gasteiger partial charge in [-0.3, -0.25) is 9.59 Å². The first-order chi connectivity index (χ1) is 16.5. The average molecular weight is 480 g/mol. The molecule has 2 amide bonds. The number of nitrogens with one attached hydrogen (secondary N) is 1. The van der Waals surface area contributed by atoms with E-state index in [1.165, 1.54) is 23.0 Å². The molecule has 3 aromatic rings. The number of thioether (sulfide) groups is 1. The maximum atomic E-state index is 12.8. The van der Waals surface area contributed by atoms with Crippen LogP contribution in [0.2, 0.25) is 0 Å². The van der Waals surface area contributed by atoms with Crippen LogP contribution < -0.4 is 14.8 Å². The molecule has 0 spiro atoms. The highest BCUT2D eigenvalue weighted by Crippen LogP contribution is 2.33. The Bertz CT molecular complexity index is 1210. The van der Waals surface area contributed by atoms with E-state index in [4.69, 9.17) is 19.0 Å². The van der Waals surface area contributed by atoms with Crippen molar-refractivity contribution in [1.29, 1.82) is 0 Å². The lowest BCUT2D eigenvalue weighted by molar-refractivity contribution is 0.0996. The molecule has 2 heterocycles. The minimum atomic E-state index is -0.341. The Hall–Kier alpha value is -3.72. The highest BCUT2D eigenvalue weighted by molar-refractivity contribution is 8.14. The van der Waals surface area contributed by atoms with Crippen LogP contribution in [-0.4, -0.2) is 41.3 Å². The fourth-order valence-corrected chi connectivity index (χ4v) is 4.54. The van der Waals surface area contributed by atoms with Crippen LogP contribution in [0.3, 0.4) is 0 Å². The lowest BCUT2D eigenvalue weighted by Gasteiger charge is -2.28. The van der Waals surface area contributed by atoms with Crippen molar-refractivity contribution < 1.29 is 23.5 Å². The minimum absolute atomic E-state index is 0.0687. The van der Waals surface area contributed by atoms with Crippen molar-refractivity contribution in [3.05, 3.63) is 77.7 Å². The Morgan fingerprint density at radius 3 is 2.65 bits per heavy atom. The predicted molar refractivity (Wildman–Crippen MR) is 132 cm³/mol. The SMILES string of the molecule is CCC1SC(=O)N(Cc2cccc(NC(=O)c3ccco3)c2)N=C1c1ccc(OC)c(OC)c1. The van der Waals surface area contributed by atoms with E-state index in [1.54, 1.807) is 32.4 Å². The number of benzene rings is 2. The standard InChI is InChI=1S/C25H25N3O5S/c1-4-22-23(17-10-11-19(31-2)21(14-17)32-3)27-28(25(30)34-22)15-16-7-5-8-18(13-16)26-24(29)20-9-6-12-33-20/h5-14,22H,4,15H2,1-3H3,(H,26,29). The van der Waals surface area contributed by atoms with Gasteiger partial charge in [-0.2, -0.15) is 5.10 Å². The number of ether oxygens (including phenoxy) is 2. The van der Waals surface area contributed by atoms with Gasteiger partial charge >= 0.3 is 5.24 Å². The van der Waals surface area contributed by atoms with Crippen molar-refractivity contribution in [2.75, 3.05) is 19.5 Å². The molecule has 0 saturated carbocycles. The smallest absolute Gasteiger partial charge is 0.302 e. The molecule has 1 N–H and O–H groups in total. The highest BCUT2D eigenvalue weighted by atomic mass is 32.2. The molecule has 0 fully saturated rings. The number of hydrogen-bond donors (Lipinski definition) is 1. The number of anilines is 1. The second-order valence-corrected chi connectivity index (χ2v) is 8.68. The van der Waals surface area contributed by atoms with Crippen molar-refractivity contribution in [3.8, 4) is 11.5 Å². The molecule has 0 aliphatic carbocycles. The minimum Gasteiger partial charge on any atom is -0.493 e. The zero-order valence-corrected chi connectivity index (χ0v) is 19.9. The molecule has 1 atom stereocenters. The normalized spacial score (nSPS) is 15.6. The van der Waals surface area contributed by atoms with Crippen LogP contribution in [0, 0.1) is 0 Å². The summed E-state index contributed by atoms with van der Waals surface area (Å²) in [5, 5.41) is 8.79. The van der Waals surface area contributed by atoms with Gasteiger partial charge in [0.15, 0.2) is 17.3 Å². The molecule has 1 aromatic heterocycles. The number of furan rings is 1. The van der Waals surface area contributed by atoms with Crippen LogP contribution in [0.4, 0.5) is 10.5 Å². The van der Waals surface area contributed by atoms with E-state index in [-0.39, 0.29) is 28.7 Å². The summed E-state index contributed by atoms with van der Waals surface area (Å²) in [6.45, 7) is 2.30. The Kier molecular flexibility index (Phi) is 7.22. The van der Waals surface area contributed by atoms with Crippen molar-refractivity contribution >= 4 is 34.3 Å². The molecule has 0 bridgehead atoms. The van der Waals surface area contributed by atoms with E-state index in [0.29, 0.717) is 17.2 Å². The predicted octanol–water partition coefficient (Wildman–Crippen LogP) is 5.40. The summed E-state index contributed by atoms with van der Waals surface area (Å²) < 4.78 is 15.9. The first-order valence-electron chi connectivity index (χ1n) is 10.7. The van der Waals surface area contributed by atoms with Gasteiger partial charge in [-0.05, 0) is 54.4 Å². The third-order valence-corrected chi connectivity index (χ3v) is 6.55. The van der Waals surface area contributed by atoms with Gasteiger partial charge in [0.25, 0.3) is 5.91 Å². The number of carbonyl (C=O) groups is 2. The zero-order valence-electron chi connectivity index (χ0n) is 19.1.